The highest BCUT2D eigenvalue weighted by atomic mass is 19.1. The number of fused-ring (bicyclic) bond motifs is 1. The molecule has 1 heterocycles. The first kappa shape index (κ1) is 21.7. The van der Waals surface area contributed by atoms with Gasteiger partial charge in [0.2, 0.25) is 5.91 Å². The van der Waals surface area contributed by atoms with Gasteiger partial charge in [-0.2, -0.15) is 0 Å². The van der Waals surface area contributed by atoms with Crippen molar-refractivity contribution in [3.63, 3.8) is 0 Å². The van der Waals surface area contributed by atoms with Crippen molar-refractivity contribution in [2.45, 2.75) is 38.8 Å². The molecule has 1 amide bonds. The van der Waals surface area contributed by atoms with E-state index in [0.717, 1.165) is 34.4 Å². The molecule has 4 aromatic rings. The summed E-state index contributed by atoms with van der Waals surface area (Å²) in [5.41, 5.74) is 3.46. The van der Waals surface area contributed by atoms with Crippen LogP contribution in [0.3, 0.4) is 0 Å². The average molecular weight is 434 g/mol. The minimum Gasteiger partial charge on any atom is -0.350 e. The second-order valence-corrected chi connectivity index (χ2v) is 7.84. The minimum atomic E-state index is -0.441. The lowest BCUT2D eigenvalue weighted by molar-refractivity contribution is -0.124. The highest BCUT2D eigenvalue weighted by Gasteiger charge is 2.25. The summed E-state index contributed by atoms with van der Waals surface area (Å²) in [7, 11) is 0. The Labute approximate surface area is 185 Å². The van der Waals surface area contributed by atoms with Crippen molar-refractivity contribution in [3.05, 3.63) is 101 Å². The lowest BCUT2D eigenvalue weighted by Gasteiger charge is -2.21. The number of carbonyl (C=O) groups is 1. The van der Waals surface area contributed by atoms with Gasteiger partial charge in [-0.3, -0.25) is 4.79 Å². The SMILES string of the molecule is CCC[C@H](C(=O)NCc1ccc(F)cc1)n1c(Cc2ccc(F)cc2)nc2ccccc21. The van der Waals surface area contributed by atoms with E-state index in [9.17, 15) is 13.6 Å². The van der Waals surface area contributed by atoms with E-state index in [-0.39, 0.29) is 17.5 Å². The van der Waals surface area contributed by atoms with E-state index in [1.54, 1.807) is 24.3 Å². The van der Waals surface area contributed by atoms with Gasteiger partial charge in [0.1, 0.15) is 23.5 Å². The zero-order valence-corrected chi connectivity index (χ0v) is 17.9. The molecule has 0 fully saturated rings. The fourth-order valence-corrected chi connectivity index (χ4v) is 3.91. The van der Waals surface area contributed by atoms with Crippen molar-refractivity contribution in [1.29, 1.82) is 0 Å². The molecule has 0 bridgehead atoms. The first-order chi connectivity index (χ1) is 15.5. The van der Waals surface area contributed by atoms with Crippen LogP contribution in [0, 0.1) is 11.6 Å². The highest BCUT2D eigenvalue weighted by Crippen LogP contribution is 2.26. The van der Waals surface area contributed by atoms with Crippen molar-refractivity contribution in [2.24, 2.45) is 0 Å². The molecular weight excluding hydrogens is 408 g/mol. The van der Waals surface area contributed by atoms with E-state index >= 15 is 0 Å². The third-order valence-corrected chi connectivity index (χ3v) is 5.50. The van der Waals surface area contributed by atoms with Crippen LogP contribution in [0.1, 0.15) is 42.8 Å². The zero-order valence-electron chi connectivity index (χ0n) is 17.9. The number of amides is 1. The third-order valence-electron chi connectivity index (χ3n) is 5.50. The van der Waals surface area contributed by atoms with E-state index in [2.05, 4.69) is 5.32 Å². The average Bonchev–Trinajstić information content (AvgIpc) is 3.16. The molecule has 4 rings (SSSR count). The smallest absolute Gasteiger partial charge is 0.243 e. The maximum atomic E-state index is 13.4. The van der Waals surface area contributed by atoms with Gasteiger partial charge < -0.3 is 9.88 Å². The largest absolute Gasteiger partial charge is 0.350 e. The van der Waals surface area contributed by atoms with E-state index in [0.29, 0.717) is 19.4 Å². The Bertz CT molecular complexity index is 1200. The number of rotatable bonds is 8. The summed E-state index contributed by atoms with van der Waals surface area (Å²) in [6.07, 6.45) is 1.95. The quantitative estimate of drug-likeness (QED) is 0.395. The van der Waals surface area contributed by atoms with Crippen LogP contribution in [0.25, 0.3) is 11.0 Å². The van der Waals surface area contributed by atoms with Crippen molar-refractivity contribution in [3.8, 4) is 0 Å². The molecule has 3 aromatic carbocycles. The number of aromatic nitrogens is 2. The van der Waals surface area contributed by atoms with Crippen LogP contribution in [0.15, 0.2) is 72.8 Å². The Kier molecular flexibility index (Phi) is 6.59. The molecule has 4 nitrogen and oxygen atoms in total. The normalized spacial score (nSPS) is 12.1. The maximum Gasteiger partial charge on any atom is 0.243 e. The Balaban J connectivity index is 1.66. The van der Waals surface area contributed by atoms with Crippen LogP contribution in [-0.2, 0) is 17.8 Å². The van der Waals surface area contributed by atoms with Gasteiger partial charge in [0, 0.05) is 13.0 Å². The lowest BCUT2D eigenvalue weighted by atomic mass is 10.1. The highest BCUT2D eigenvalue weighted by molar-refractivity contribution is 5.84. The molecule has 0 unspecified atom stereocenters. The van der Waals surface area contributed by atoms with Gasteiger partial charge in [-0.25, -0.2) is 13.8 Å². The first-order valence-electron chi connectivity index (χ1n) is 10.8. The zero-order chi connectivity index (χ0) is 22.5. The second kappa shape index (κ2) is 9.73. The lowest BCUT2D eigenvalue weighted by Crippen LogP contribution is -2.33. The molecule has 0 aliphatic rings. The third kappa shape index (κ3) is 4.85. The number of para-hydroxylation sites is 2. The second-order valence-electron chi connectivity index (χ2n) is 7.84. The molecule has 1 N–H and O–H groups in total. The Morgan fingerprint density at radius 1 is 0.938 bits per heavy atom. The van der Waals surface area contributed by atoms with Gasteiger partial charge in [-0.05, 0) is 53.9 Å². The van der Waals surface area contributed by atoms with Gasteiger partial charge in [0.15, 0.2) is 0 Å². The summed E-state index contributed by atoms with van der Waals surface area (Å²) in [5.74, 6) is 0.0541. The summed E-state index contributed by atoms with van der Waals surface area (Å²) >= 11 is 0. The number of imidazole rings is 1. The van der Waals surface area contributed by atoms with Crippen molar-refractivity contribution in [2.75, 3.05) is 0 Å². The molecule has 1 atom stereocenters. The van der Waals surface area contributed by atoms with Crippen molar-refractivity contribution >= 4 is 16.9 Å². The van der Waals surface area contributed by atoms with E-state index < -0.39 is 6.04 Å². The molecule has 1 aromatic heterocycles. The van der Waals surface area contributed by atoms with E-state index in [4.69, 9.17) is 4.98 Å². The Morgan fingerprint density at radius 2 is 1.56 bits per heavy atom. The fourth-order valence-electron chi connectivity index (χ4n) is 3.91. The molecule has 164 valence electrons. The van der Waals surface area contributed by atoms with Crippen LogP contribution in [-0.4, -0.2) is 15.5 Å². The van der Waals surface area contributed by atoms with Gasteiger partial charge in [-0.1, -0.05) is 49.7 Å². The molecule has 0 spiro atoms. The van der Waals surface area contributed by atoms with E-state index in [1.807, 2.05) is 35.8 Å². The minimum absolute atomic E-state index is 0.111. The van der Waals surface area contributed by atoms with Crippen LogP contribution >= 0.6 is 0 Å². The van der Waals surface area contributed by atoms with Crippen molar-refractivity contribution in [1.82, 2.24) is 14.9 Å². The Hall–Kier alpha value is -3.54. The van der Waals surface area contributed by atoms with Crippen LogP contribution in [0.5, 0.6) is 0 Å². The predicted octanol–water partition coefficient (Wildman–Crippen LogP) is 5.56. The van der Waals surface area contributed by atoms with Gasteiger partial charge >= 0.3 is 0 Å². The van der Waals surface area contributed by atoms with Crippen LogP contribution in [0.4, 0.5) is 8.78 Å². The number of benzene rings is 3. The molecular formula is C26H25F2N3O. The van der Waals surface area contributed by atoms with Gasteiger partial charge in [0.05, 0.1) is 11.0 Å². The van der Waals surface area contributed by atoms with Gasteiger partial charge in [0.25, 0.3) is 0 Å². The maximum absolute atomic E-state index is 13.4. The molecule has 0 saturated carbocycles. The van der Waals surface area contributed by atoms with E-state index in [1.165, 1.54) is 24.3 Å². The van der Waals surface area contributed by atoms with Crippen LogP contribution in [0.2, 0.25) is 0 Å². The van der Waals surface area contributed by atoms with Crippen molar-refractivity contribution < 1.29 is 13.6 Å². The molecule has 0 aliphatic carbocycles. The number of hydrogen-bond acceptors (Lipinski definition) is 2. The Morgan fingerprint density at radius 3 is 2.22 bits per heavy atom. The predicted molar refractivity (Wildman–Crippen MR) is 121 cm³/mol. The first-order valence-corrected chi connectivity index (χ1v) is 10.8. The summed E-state index contributed by atoms with van der Waals surface area (Å²) < 4.78 is 28.5. The van der Waals surface area contributed by atoms with Gasteiger partial charge in [-0.15, -0.1) is 0 Å². The van der Waals surface area contributed by atoms with Crippen LogP contribution < -0.4 is 5.32 Å². The molecule has 0 aliphatic heterocycles. The summed E-state index contributed by atoms with van der Waals surface area (Å²) in [5, 5.41) is 3.00. The monoisotopic (exact) mass is 433 g/mol. The number of nitrogens with one attached hydrogen (secondary N) is 1. The molecule has 6 heteroatoms. The number of hydrogen-bond donors (Lipinski definition) is 1. The molecule has 0 saturated heterocycles. The summed E-state index contributed by atoms with van der Waals surface area (Å²) in [4.78, 5) is 18.1. The topological polar surface area (TPSA) is 46.9 Å². The number of halogens is 2. The fraction of sp³-hybridized carbons (Fsp3) is 0.231. The standard InChI is InChI=1S/C26H25F2N3O/c1-2-5-24(26(32)29-17-19-10-14-21(28)15-11-19)31-23-7-4-3-6-22(23)30-25(31)16-18-8-12-20(27)13-9-18/h3-4,6-15,24H,2,5,16-17H2,1H3,(H,29,32)/t24-/m1/s1. The molecule has 0 radical (unpaired) electrons. The summed E-state index contributed by atoms with van der Waals surface area (Å²) in [6.45, 7) is 2.36. The number of nitrogens with zero attached hydrogens (tertiary/aromatic N) is 2. The number of carbonyl (C=O) groups excluding carboxylic acids is 1. The molecule has 32 heavy (non-hydrogen) atoms. The summed E-state index contributed by atoms with van der Waals surface area (Å²) in [6, 6.07) is 19.7.